The van der Waals surface area contributed by atoms with Crippen LogP contribution >= 0.6 is 0 Å². The maximum Gasteiger partial charge on any atom is 0.310 e. The number of esters is 4. The van der Waals surface area contributed by atoms with E-state index in [1.54, 1.807) is 24.3 Å². The molecule has 2 heterocycles. The van der Waals surface area contributed by atoms with Crippen LogP contribution in [0.3, 0.4) is 0 Å². The van der Waals surface area contributed by atoms with E-state index < -0.39 is 41.2 Å². The highest BCUT2D eigenvalue weighted by atomic mass is 16.6. The van der Waals surface area contributed by atoms with Crippen molar-refractivity contribution in [3.05, 3.63) is 47.5 Å². The Morgan fingerprint density at radius 1 is 0.600 bits per heavy atom. The predicted molar refractivity (Wildman–Crippen MR) is 195 cm³/mol. The van der Waals surface area contributed by atoms with E-state index in [0.717, 1.165) is 37.1 Å². The van der Waals surface area contributed by atoms with Crippen LogP contribution in [0.25, 0.3) is 0 Å². The van der Waals surface area contributed by atoms with Crippen LogP contribution in [0.15, 0.2) is 36.4 Å². The monoisotopic (exact) mass is 762 g/mol. The number of hydrogen-bond donors (Lipinski definition) is 2. The highest BCUT2D eigenvalue weighted by Crippen LogP contribution is 2.57. The first-order valence-corrected chi connectivity index (χ1v) is 19.0. The van der Waals surface area contributed by atoms with Gasteiger partial charge in [-0.2, -0.15) is 0 Å². The van der Waals surface area contributed by atoms with Gasteiger partial charge in [0, 0.05) is 72.4 Å². The number of carbonyl (C=O) groups is 6. The summed E-state index contributed by atoms with van der Waals surface area (Å²) in [4.78, 5) is 77.4. The van der Waals surface area contributed by atoms with Crippen molar-refractivity contribution in [2.45, 2.75) is 104 Å². The average Bonchev–Trinajstić information content (AvgIpc) is 3.53. The van der Waals surface area contributed by atoms with Crippen LogP contribution in [0, 0.1) is 29.1 Å². The molecule has 6 rings (SSSR count). The van der Waals surface area contributed by atoms with Gasteiger partial charge in [-0.1, -0.05) is 12.1 Å². The molecule has 2 aliphatic carbocycles. The molecule has 2 aromatic rings. The Kier molecular flexibility index (Phi) is 12.0. The van der Waals surface area contributed by atoms with Crippen molar-refractivity contribution in [1.82, 2.24) is 9.80 Å². The summed E-state index contributed by atoms with van der Waals surface area (Å²) in [7, 11) is 0. The molecule has 2 N–H and O–H groups in total. The van der Waals surface area contributed by atoms with Gasteiger partial charge < -0.3 is 29.2 Å². The summed E-state index contributed by atoms with van der Waals surface area (Å²) < 4.78 is 21.2. The number of nitrogens with zero attached hydrogens (tertiary/aromatic N) is 2. The quantitative estimate of drug-likeness (QED) is 0.188. The molecule has 0 aromatic heterocycles. The van der Waals surface area contributed by atoms with Gasteiger partial charge in [0.25, 0.3) is 0 Å². The van der Waals surface area contributed by atoms with E-state index in [9.17, 15) is 39.0 Å². The van der Waals surface area contributed by atoms with Gasteiger partial charge in [-0.05, 0) is 104 Å². The van der Waals surface area contributed by atoms with E-state index in [0.29, 0.717) is 38.8 Å². The normalized spacial score (nSPS) is 25.7. The van der Waals surface area contributed by atoms with Crippen LogP contribution in [-0.4, -0.2) is 81.0 Å². The van der Waals surface area contributed by atoms with Gasteiger partial charge in [0.15, 0.2) is 23.0 Å². The molecule has 0 radical (unpaired) electrons. The lowest BCUT2D eigenvalue weighted by Crippen LogP contribution is -2.50. The van der Waals surface area contributed by atoms with Crippen molar-refractivity contribution in [3.63, 3.8) is 0 Å². The van der Waals surface area contributed by atoms with Crippen LogP contribution < -0.4 is 18.9 Å². The Balaban J connectivity index is 1.21. The van der Waals surface area contributed by atoms with Crippen LogP contribution in [0.1, 0.15) is 90.2 Å². The summed E-state index contributed by atoms with van der Waals surface area (Å²) in [6.07, 6.45) is 4.35. The van der Waals surface area contributed by atoms with Gasteiger partial charge in [0.05, 0.1) is 5.41 Å². The molecule has 4 bridgehead atoms. The minimum absolute atomic E-state index is 0.0680. The number of carboxylic acids is 2. The number of carboxylic acid groups (broad SMARTS) is 2. The lowest BCUT2D eigenvalue weighted by Gasteiger charge is -2.48. The summed E-state index contributed by atoms with van der Waals surface area (Å²) in [6, 6.07) is 10.5. The fraction of sp³-hybridized carbons (Fsp3) is 0.561. The smallest absolute Gasteiger partial charge is 0.310 e. The zero-order valence-electron chi connectivity index (χ0n) is 31.8. The van der Waals surface area contributed by atoms with E-state index in [1.165, 1.54) is 27.7 Å². The number of rotatable bonds is 14. The highest BCUT2D eigenvalue weighted by molar-refractivity contribution is 5.77. The second-order valence-electron chi connectivity index (χ2n) is 15.9. The van der Waals surface area contributed by atoms with E-state index >= 15 is 0 Å². The zero-order chi connectivity index (χ0) is 39.6. The molecule has 296 valence electrons. The van der Waals surface area contributed by atoms with Gasteiger partial charge in [0.1, 0.15) is 0 Å². The van der Waals surface area contributed by atoms with Crippen molar-refractivity contribution in [3.8, 4) is 23.0 Å². The summed E-state index contributed by atoms with van der Waals surface area (Å²) >= 11 is 0. The number of benzene rings is 2. The number of fused-ring (bicyclic) bond motifs is 4. The summed E-state index contributed by atoms with van der Waals surface area (Å²) in [5.74, 6) is -3.38. The minimum Gasteiger partial charge on any atom is -0.481 e. The molecule has 0 amide bonds. The summed E-state index contributed by atoms with van der Waals surface area (Å²) in [5.41, 5.74) is 0.508. The molecular formula is C41H50N2O12. The molecule has 2 saturated carbocycles. The van der Waals surface area contributed by atoms with Gasteiger partial charge in [-0.25, -0.2) is 0 Å². The first-order valence-electron chi connectivity index (χ1n) is 19.0. The first-order chi connectivity index (χ1) is 26.1. The number of carbonyl (C=O) groups excluding carboxylic acids is 4. The van der Waals surface area contributed by atoms with E-state index in [-0.39, 0.29) is 71.6 Å². The number of ether oxygens (including phenoxy) is 4. The maximum atomic E-state index is 13.7. The zero-order valence-corrected chi connectivity index (χ0v) is 31.8. The Morgan fingerprint density at radius 2 is 1.00 bits per heavy atom. The third kappa shape index (κ3) is 9.18. The Morgan fingerprint density at radius 3 is 1.36 bits per heavy atom. The molecule has 4 fully saturated rings. The summed E-state index contributed by atoms with van der Waals surface area (Å²) in [5, 5.41) is 21.1. The van der Waals surface area contributed by atoms with Crippen LogP contribution in [0.4, 0.5) is 0 Å². The fourth-order valence-electron chi connectivity index (χ4n) is 10.1. The Bertz CT molecular complexity index is 1730. The molecule has 2 saturated heterocycles. The molecule has 6 atom stereocenters. The number of aliphatic carboxylic acids is 2. The molecule has 14 nitrogen and oxygen atoms in total. The molecule has 14 heteroatoms. The van der Waals surface area contributed by atoms with Crippen molar-refractivity contribution in [2.75, 3.05) is 13.1 Å². The number of likely N-dealkylation sites (tertiary alicyclic amines) is 2. The second-order valence-corrected chi connectivity index (χ2v) is 15.9. The van der Waals surface area contributed by atoms with Crippen molar-refractivity contribution in [1.29, 1.82) is 0 Å². The molecule has 4 aliphatic rings. The number of hydrogen-bond acceptors (Lipinski definition) is 12. The predicted octanol–water partition coefficient (Wildman–Crippen LogP) is 5.22. The molecular weight excluding hydrogens is 712 g/mol. The van der Waals surface area contributed by atoms with E-state index in [1.807, 2.05) is 12.1 Å². The van der Waals surface area contributed by atoms with E-state index in [4.69, 9.17) is 18.9 Å². The minimum atomic E-state index is -1.21. The summed E-state index contributed by atoms with van der Waals surface area (Å²) in [6.45, 7) is 7.68. The largest absolute Gasteiger partial charge is 0.481 e. The first kappa shape index (κ1) is 39.9. The van der Waals surface area contributed by atoms with E-state index in [2.05, 4.69) is 9.80 Å². The topological polar surface area (TPSA) is 186 Å². The van der Waals surface area contributed by atoms with Crippen LogP contribution in [0.5, 0.6) is 23.0 Å². The standard InChI is InChI=1S/C41H50N2O12/c1-23(44)52-35-7-5-27(15-37(35)54-25(3)46)19-42-21-29-11-31(17-33(42)13-29)41(40(50)51,10-9-39(48)49)32-12-30-14-34(18-32)43(22-30)20-28-6-8-36(53-24(2)45)38(16-28)55-26(4)47/h5-8,15-16,29-34H,9-14,17-22H2,1-4H3,(H,48,49)(H,50,51). The van der Waals surface area contributed by atoms with Crippen molar-refractivity contribution < 1.29 is 57.9 Å². The SMILES string of the molecule is CC(=O)Oc1ccc(CN2CC3CC2CC(C(CCC(=O)O)(C(=O)O)C2CC4CC(C2)N(Cc2ccc(OC(C)=O)c(OC(C)=O)c2)C4)C3)cc1OC(C)=O. The molecule has 6 unspecified atom stereocenters. The molecule has 2 aliphatic heterocycles. The van der Waals surface area contributed by atoms with Gasteiger partial charge in [0.2, 0.25) is 0 Å². The Labute approximate surface area is 320 Å². The average molecular weight is 763 g/mol. The lowest BCUT2D eigenvalue weighted by molar-refractivity contribution is -0.163. The van der Waals surface area contributed by atoms with Gasteiger partial charge in [-0.3, -0.25) is 38.6 Å². The Hall–Kier alpha value is -4.82. The third-order valence-electron chi connectivity index (χ3n) is 12.0. The van der Waals surface area contributed by atoms with Gasteiger partial charge in [-0.15, -0.1) is 0 Å². The third-order valence-corrected chi connectivity index (χ3v) is 12.0. The highest BCUT2D eigenvalue weighted by Gasteiger charge is 2.58. The maximum absolute atomic E-state index is 13.7. The molecule has 0 spiro atoms. The van der Waals surface area contributed by atoms with Crippen LogP contribution in [0.2, 0.25) is 0 Å². The fourth-order valence-corrected chi connectivity index (χ4v) is 10.1. The molecule has 55 heavy (non-hydrogen) atoms. The lowest BCUT2D eigenvalue weighted by atomic mass is 9.55. The van der Waals surface area contributed by atoms with Crippen molar-refractivity contribution >= 4 is 35.8 Å². The van der Waals surface area contributed by atoms with Crippen molar-refractivity contribution in [2.24, 2.45) is 29.1 Å². The van der Waals surface area contributed by atoms with Gasteiger partial charge >= 0.3 is 35.8 Å². The second kappa shape index (κ2) is 16.5. The van der Waals surface area contributed by atoms with Crippen LogP contribution in [-0.2, 0) is 41.9 Å². The molecule has 2 aromatic carbocycles.